The van der Waals surface area contributed by atoms with Crippen LogP contribution in [0.1, 0.15) is 34.7 Å². The summed E-state index contributed by atoms with van der Waals surface area (Å²) in [5.74, 6) is -1.45. The van der Waals surface area contributed by atoms with Gasteiger partial charge in [0.25, 0.3) is 0 Å². The summed E-state index contributed by atoms with van der Waals surface area (Å²) in [4.78, 5) is 24.4. The summed E-state index contributed by atoms with van der Waals surface area (Å²) in [7, 11) is 0. The molecule has 2 aromatic heterocycles. The fourth-order valence-electron chi connectivity index (χ4n) is 3.75. The second kappa shape index (κ2) is 13.7. The van der Waals surface area contributed by atoms with E-state index in [1.54, 1.807) is 30.3 Å². The molecule has 214 valence electrons. The monoisotopic (exact) mass is 588 g/mol. The van der Waals surface area contributed by atoms with Crippen molar-refractivity contribution in [2.45, 2.75) is 44.9 Å². The summed E-state index contributed by atoms with van der Waals surface area (Å²) in [6.07, 6.45) is -2.22. The minimum atomic E-state index is -4.81. The van der Waals surface area contributed by atoms with Gasteiger partial charge in [0.05, 0.1) is 18.5 Å². The number of nitrogens with zero attached hydrogens (tertiary/aromatic N) is 4. The minimum absolute atomic E-state index is 0.0975. The van der Waals surface area contributed by atoms with E-state index in [1.165, 1.54) is 29.5 Å². The van der Waals surface area contributed by atoms with Gasteiger partial charge in [-0.3, -0.25) is 9.59 Å². The molecule has 0 fully saturated rings. The fraction of sp³-hybridized carbons (Fsp3) is 0.259. The number of carbonyl (C=O) groups excluding carboxylic acids is 2. The topological polar surface area (TPSA) is 119 Å². The molecular weight excluding hydrogens is 564 g/mol. The zero-order chi connectivity index (χ0) is 29.2. The molecule has 0 saturated carbocycles. The van der Waals surface area contributed by atoms with Crippen molar-refractivity contribution in [1.29, 1.82) is 0 Å². The van der Waals surface area contributed by atoms with E-state index in [0.29, 0.717) is 29.1 Å². The van der Waals surface area contributed by atoms with Crippen LogP contribution in [0, 0.1) is 5.82 Å². The highest BCUT2D eigenvalue weighted by Gasteiger charge is 2.31. The molecule has 0 aliphatic rings. The predicted octanol–water partition coefficient (Wildman–Crippen LogP) is 5.29. The van der Waals surface area contributed by atoms with Gasteiger partial charge in [-0.25, -0.2) is 4.39 Å². The summed E-state index contributed by atoms with van der Waals surface area (Å²) in [5.41, 5.74) is 1.37. The normalized spacial score (nSPS) is 11.2. The molecule has 0 radical (unpaired) electrons. The van der Waals surface area contributed by atoms with Gasteiger partial charge in [0.2, 0.25) is 16.9 Å². The highest BCUT2D eigenvalue weighted by Crippen LogP contribution is 2.24. The van der Waals surface area contributed by atoms with Gasteiger partial charge >= 0.3 is 6.36 Å². The largest absolute Gasteiger partial charge is 0.573 e. The third-order valence-electron chi connectivity index (χ3n) is 5.58. The number of ether oxygens (including phenoxy) is 1. The Balaban J connectivity index is 1.16. The first kappa shape index (κ1) is 29.5. The predicted molar refractivity (Wildman–Crippen MR) is 143 cm³/mol. The lowest BCUT2D eigenvalue weighted by molar-refractivity contribution is -0.274. The van der Waals surface area contributed by atoms with Crippen LogP contribution in [-0.4, -0.2) is 38.6 Å². The van der Waals surface area contributed by atoms with Crippen LogP contribution < -0.4 is 15.4 Å². The van der Waals surface area contributed by atoms with Crippen molar-refractivity contribution in [2.75, 3.05) is 10.6 Å². The number of unbranched alkanes of at least 4 members (excludes halogenated alkanes) is 1. The molecule has 0 atom stereocenters. The molecule has 2 aromatic carbocycles. The molecule has 41 heavy (non-hydrogen) atoms. The van der Waals surface area contributed by atoms with Gasteiger partial charge in [0.1, 0.15) is 16.6 Å². The smallest absolute Gasteiger partial charge is 0.406 e. The number of anilines is 2. The molecule has 0 saturated heterocycles. The van der Waals surface area contributed by atoms with Crippen LogP contribution in [-0.2, 0) is 35.3 Å². The number of alkyl halides is 3. The van der Waals surface area contributed by atoms with Crippen LogP contribution in [0.25, 0.3) is 0 Å². The maximum atomic E-state index is 13.7. The van der Waals surface area contributed by atoms with Crippen molar-refractivity contribution in [3.8, 4) is 5.75 Å². The fourth-order valence-corrected chi connectivity index (χ4v) is 4.55. The molecule has 0 aliphatic carbocycles. The summed E-state index contributed by atoms with van der Waals surface area (Å²) in [6.45, 7) is 0. The van der Waals surface area contributed by atoms with Crippen LogP contribution in [0.4, 0.5) is 28.5 Å². The first-order valence-corrected chi connectivity index (χ1v) is 13.3. The lowest BCUT2D eigenvalue weighted by atomic mass is 10.1. The summed E-state index contributed by atoms with van der Waals surface area (Å²) >= 11 is 1.26. The Morgan fingerprint density at radius 1 is 0.829 bits per heavy atom. The van der Waals surface area contributed by atoms with E-state index in [4.69, 9.17) is 0 Å². The van der Waals surface area contributed by atoms with E-state index in [9.17, 15) is 27.2 Å². The van der Waals surface area contributed by atoms with Crippen LogP contribution in [0.3, 0.4) is 0 Å². The molecular formula is C27H24F4N6O3S. The summed E-state index contributed by atoms with van der Waals surface area (Å²) < 4.78 is 54.8. The molecule has 14 heteroatoms. The van der Waals surface area contributed by atoms with Gasteiger partial charge in [-0.1, -0.05) is 41.7 Å². The average Bonchev–Trinajstić information content (AvgIpc) is 3.35. The maximum absolute atomic E-state index is 13.7. The van der Waals surface area contributed by atoms with E-state index >= 15 is 0 Å². The van der Waals surface area contributed by atoms with E-state index in [-0.39, 0.29) is 24.6 Å². The molecule has 2 heterocycles. The van der Waals surface area contributed by atoms with Crippen LogP contribution >= 0.6 is 11.3 Å². The van der Waals surface area contributed by atoms with E-state index in [1.807, 2.05) is 0 Å². The second-order valence-electron chi connectivity index (χ2n) is 8.85. The number of hydrogen-bond donors (Lipinski definition) is 2. The molecule has 0 unspecified atom stereocenters. The maximum Gasteiger partial charge on any atom is 0.573 e. The van der Waals surface area contributed by atoms with Gasteiger partial charge in [-0.2, -0.15) is 5.10 Å². The summed E-state index contributed by atoms with van der Waals surface area (Å²) in [5, 5.41) is 22.5. The highest BCUT2D eigenvalue weighted by molar-refractivity contribution is 7.15. The molecule has 9 nitrogen and oxygen atoms in total. The Morgan fingerprint density at radius 2 is 1.61 bits per heavy atom. The van der Waals surface area contributed by atoms with Crippen molar-refractivity contribution in [3.05, 3.63) is 88.3 Å². The molecule has 0 spiro atoms. The third kappa shape index (κ3) is 9.90. The molecule has 2 amide bonds. The molecule has 0 bridgehead atoms. The highest BCUT2D eigenvalue weighted by atomic mass is 32.1. The van der Waals surface area contributed by atoms with Gasteiger partial charge in [-0.05, 0) is 60.7 Å². The number of rotatable bonds is 12. The van der Waals surface area contributed by atoms with Crippen LogP contribution in [0.15, 0.2) is 60.7 Å². The zero-order valence-corrected chi connectivity index (χ0v) is 22.3. The SMILES string of the molecule is O=C(Cc1cccc(OC(F)(F)F)c1)Nc1ccc(CCCCc2nnc(NC(=O)Cc3ccccc3F)s2)nn1. The second-order valence-corrected chi connectivity index (χ2v) is 9.92. The number of carbonyl (C=O) groups is 2. The van der Waals surface area contributed by atoms with Crippen molar-refractivity contribution in [2.24, 2.45) is 0 Å². The lowest BCUT2D eigenvalue weighted by Gasteiger charge is -2.10. The first-order valence-electron chi connectivity index (χ1n) is 12.5. The Bertz CT molecular complexity index is 1480. The summed E-state index contributed by atoms with van der Waals surface area (Å²) in [6, 6.07) is 14.6. The van der Waals surface area contributed by atoms with Crippen molar-refractivity contribution in [1.82, 2.24) is 20.4 Å². The van der Waals surface area contributed by atoms with E-state index < -0.39 is 23.8 Å². The van der Waals surface area contributed by atoms with Gasteiger partial charge < -0.3 is 15.4 Å². The number of hydrogen-bond acceptors (Lipinski definition) is 8. The Hall–Kier alpha value is -4.46. The molecule has 4 aromatic rings. The van der Waals surface area contributed by atoms with E-state index in [2.05, 4.69) is 35.8 Å². The number of aromatic nitrogens is 4. The Morgan fingerprint density at radius 3 is 2.37 bits per heavy atom. The van der Waals surface area contributed by atoms with Crippen LogP contribution in [0.2, 0.25) is 0 Å². The minimum Gasteiger partial charge on any atom is -0.406 e. The van der Waals surface area contributed by atoms with E-state index in [0.717, 1.165) is 35.7 Å². The van der Waals surface area contributed by atoms with Crippen molar-refractivity contribution >= 4 is 34.1 Å². The quantitative estimate of drug-likeness (QED) is 0.170. The molecule has 2 N–H and O–H groups in total. The zero-order valence-electron chi connectivity index (χ0n) is 21.4. The average molecular weight is 589 g/mol. The van der Waals surface area contributed by atoms with Crippen LogP contribution in [0.5, 0.6) is 5.75 Å². The Kier molecular flexibility index (Phi) is 9.90. The molecule has 4 rings (SSSR count). The number of nitrogens with one attached hydrogen (secondary N) is 2. The number of halogens is 4. The van der Waals surface area contributed by atoms with Crippen molar-refractivity contribution in [3.63, 3.8) is 0 Å². The van der Waals surface area contributed by atoms with Gasteiger partial charge in [-0.15, -0.1) is 28.5 Å². The number of amides is 2. The van der Waals surface area contributed by atoms with Gasteiger partial charge in [0, 0.05) is 6.42 Å². The third-order valence-corrected chi connectivity index (χ3v) is 6.48. The lowest BCUT2D eigenvalue weighted by Crippen LogP contribution is -2.18. The Labute approximate surface area is 236 Å². The standard InChI is InChI=1S/C27H24F4N6O3S/c28-21-10-3-1-7-18(21)16-24(39)33-26-37-36-25(41-26)11-4-2-8-19-12-13-22(35-34-19)32-23(38)15-17-6-5-9-20(14-17)40-27(29,30)31/h1,3,5-7,9-10,12-14H,2,4,8,11,15-16H2,(H,32,35,38)(H,33,37,39). The number of benzene rings is 2. The van der Waals surface area contributed by atoms with Gasteiger partial charge in [0.15, 0.2) is 5.82 Å². The van der Waals surface area contributed by atoms with Crippen molar-refractivity contribution < 1.29 is 31.9 Å². The first-order chi connectivity index (χ1) is 19.6. The molecule has 0 aliphatic heterocycles. The number of aryl methyl sites for hydroxylation is 2.